The summed E-state index contributed by atoms with van der Waals surface area (Å²) in [7, 11) is 3.16. The number of likely N-dealkylation sites (N-methyl/N-ethyl adjacent to an activating group) is 1. The Bertz CT molecular complexity index is 1260. The van der Waals surface area contributed by atoms with E-state index in [9.17, 15) is 4.79 Å². The zero-order chi connectivity index (χ0) is 28.5. The molecule has 2 unspecified atom stereocenters. The van der Waals surface area contributed by atoms with Crippen molar-refractivity contribution in [2.24, 2.45) is 10.9 Å². The Hall–Kier alpha value is -3.94. The highest BCUT2D eigenvalue weighted by Gasteiger charge is 2.29. The van der Waals surface area contributed by atoms with Gasteiger partial charge in [-0.3, -0.25) is 9.79 Å². The Balaban J connectivity index is 0.00000181. The molecule has 2 aliphatic heterocycles. The quantitative estimate of drug-likeness (QED) is 0.374. The lowest BCUT2D eigenvalue weighted by Gasteiger charge is -2.34. The highest BCUT2D eigenvalue weighted by atomic mass is 16.2. The van der Waals surface area contributed by atoms with E-state index in [1.165, 1.54) is 23.2 Å². The molecule has 3 heterocycles. The molecule has 2 atom stereocenters. The van der Waals surface area contributed by atoms with E-state index >= 15 is 0 Å². The Kier molecular flexibility index (Phi) is 10.1. The van der Waals surface area contributed by atoms with E-state index in [4.69, 9.17) is 16.5 Å². The van der Waals surface area contributed by atoms with E-state index in [-0.39, 0.29) is 18.6 Å². The highest BCUT2D eigenvalue weighted by molar-refractivity contribution is 6.04. The number of aliphatic hydroxyl groups excluding tert-OH is 1. The highest BCUT2D eigenvalue weighted by Crippen LogP contribution is 2.34. The Morgan fingerprint density at radius 2 is 1.93 bits per heavy atom. The van der Waals surface area contributed by atoms with Crippen LogP contribution in [0.25, 0.3) is 0 Å². The number of amides is 1. The average molecular weight is 545 g/mol. The van der Waals surface area contributed by atoms with Crippen molar-refractivity contribution in [1.82, 2.24) is 20.2 Å². The number of dihydropyridines is 1. The van der Waals surface area contributed by atoms with Gasteiger partial charge in [-0.2, -0.15) is 4.98 Å². The van der Waals surface area contributed by atoms with Crippen molar-refractivity contribution in [3.05, 3.63) is 47.7 Å². The molecule has 3 aliphatic rings. The number of anilines is 4. The van der Waals surface area contributed by atoms with Crippen LogP contribution in [0.15, 0.2) is 47.1 Å². The van der Waals surface area contributed by atoms with Gasteiger partial charge in [0, 0.05) is 68.9 Å². The van der Waals surface area contributed by atoms with Gasteiger partial charge in [-0.25, -0.2) is 4.98 Å². The van der Waals surface area contributed by atoms with Crippen LogP contribution in [0.2, 0.25) is 0 Å². The minimum absolute atomic E-state index is 0.133. The van der Waals surface area contributed by atoms with E-state index in [0.717, 1.165) is 64.7 Å². The number of nitrogens with zero attached hydrogens (tertiary/aromatic N) is 5. The van der Waals surface area contributed by atoms with Gasteiger partial charge in [-0.05, 0) is 56.1 Å². The summed E-state index contributed by atoms with van der Waals surface area (Å²) in [5.41, 5.74) is 4.98. The summed E-state index contributed by atoms with van der Waals surface area (Å²) in [4.78, 5) is 31.7. The van der Waals surface area contributed by atoms with Crippen LogP contribution in [0.5, 0.6) is 0 Å². The van der Waals surface area contributed by atoms with E-state index in [2.05, 4.69) is 73.8 Å². The maximum atomic E-state index is 12.8. The zero-order valence-electron chi connectivity index (χ0n) is 23.7. The predicted molar refractivity (Wildman–Crippen MR) is 161 cm³/mol. The summed E-state index contributed by atoms with van der Waals surface area (Å²) in [6, 6.07) is 8.29. The van der Waals surface area contributed by atoms with Gasteiger partial charge >= 0.3 is 0 Å². The lowest BCUT2D eigenvalue weighted by Crippen LogP contribution is -2.44. The molecule has 1 aromatic carbocycles. The molecule has 212 valence electrons. The third kappa shape index (κ3) is 6.97. The largest absolute Gasteiger partial charge is 0.400 e. The molecule has 2 aromatic rings. The van der Waals surface area contributed by atoms with Gasteiger partial charge in [0.15, 0.2) is 0 Å². The molecular weight excluding hydrogens is 504 g/mol. The van der Waals surface area contributed by atoms with Crippen LogP contribution >= 0.6 is 0 Å². The summed E-state index contributed by atoms with van der Waals surface area (Å²) < 4.78 is 0. The number of terminal acetylenes is 1. The Morgan fingerprint density at radius 1 is 1.18 bits per heavy atom. The van der Waals surface area contributed by atoms with Gasteiger partial charge in [0.1, 0.15) is 17.5 Å². The molecule has 0 spiro atoms. The number of carbonyl (C=O) groups excluding carboxylic acids is 1. The monoisotopic (exact) mass is 544 g/mol. The number of piperazine rings is 1. The van der Waals surface area contributed by atoms with Crippen LogP contribution in [-0.4, -0.2) is 84.6 Å². The molecule has 5 rings (SSSR count). The number of fused-ring (bicyclic) bond motifs is 1. The number of aliphatic hydroxyl groups is 1. The van der Waals surface area contributed by atoms with Crippen LogP contribution in [0.3, 0.4) is 0 Å². The molecule has 0 radical (unpaired) electrons. The van der Waals surface area contributed by atoms with Crippen molar-refractivity contribution in [2.75, 3.05) is 62.4 Å². The van der Waals surface area contributed by atoms with Gasteiger partial charge in [-0.15, -0.1) is 6.42 Å². The molecule has 1 aromatic heterocycles. The van der Waals surface area contributed by atoms with Crippen molar-refractivity contribution < 1.29 is 9.90 Å². The van der Waals surface area contributed by atoms with Gasteiger partial charge in [0.25, 0.3) is 5.91 Å². The number of benzene rings is 1. The zero-order valence-corrected chi connectivity index (χ0v) is 23.7. The van der Waals surface area contributed by atoms with Gasteiger partial charge in [0.2, 0.25) is 5.95 Å². The number of rotatable bonds is 8. The van der Waals surface area contributed by atoms with Crippen molar-refractivity contribution in [3.8, 4) is 12.3 Å². The van der Waals surface area contributed by atoms with Crippen molar-refractivity contribution in [2.45, 2.75) is 38.8 Å². The SMILES string of the molecule is C#CCNC(=O)c1cnc(Nc2ccc(N3CCN(C)CC3)cc2)nc1NC1CC=C2CCC(CC)C2=N1.CO. The second-order valence-electron chi connectivity index (χ2n) is 10.1. The molecule has 4 N–H and O–H groups in total. The number of carbonyl (C=O) groups is 1. The van der Waals surface area contributed by atoms with E-state index in [0.29, 0.717) is 23.2 Å². The summed E-state index contributed by atoms with van der Waals surface area (Å²) >= 11 is 0. The number of hydrogen-bond donors (Lipinski definition) is 4. The molecule has 1 saturated carbocycles. The number of aliphatic imine (C=N–C) groups is 1. The molecule has 1 saturated heterocycles. The van der Waals surface area contributed by atoms with Crippen molar-refractivity contribution in [1.29, 1.82) is 0 Å². The van der Waals surface area contributed by atoms with Crippen LogP contribution in [0, 0.1) is 18.3 Å². The van der Waals surface area contributed by atoms with Crippen LogP contribution < -0.4 is 20.9 Å². The fraction of sp³-hybridized carbons (Fsp3) is 0.467. The lowest BCUT2D eigenvalue weighted by atomic mass is 10.00. The molecule has 0 bridgehead atoms. The van der Waals surface area contributed by atoms with Gasteiger partial charge in [-0.1, -0.05) is 18.9 Å². The number of nitrogens with one attached hydrogen (secondary N) is 3. The summed E-state index contributed by atoms with van der Waals surface area (Å²) in [5, 5.41) is 16.4. The molecule has 10 nitrogen and oxygen atoms in total. The van der Waals surface area contributed by atoms with Crippen molar-refractivity contribution in [3.63, 3.8) is 0 Å². The minimum Gasteiger partial charge on any atom is -0.400 e. The maximum absolute atomic E-state index is 12.8. The number of hydrogen-bond acceptors (Lipinski definition) is 9. The maximum Gasteiger partial charge on any atom is 0.257 e. The normalized spacial score (nSPS) is 20.2. The topological polar surface area (TPSA) is 118 Å². The van der Waals surface area contributed by atoms with Crippen LogP contribution in [0.1, 0.15) is 43.0 Å². The molecule has 1 aliphatic carbocycles. The van der Waals surface area contributed by atoms with Crippen molar-refractivity contribution >= 4 is 34.8 Å². The minimum atomic E-state index is -0.319. The summed E-state index contributed by atoms with van der Waals surface area (Å²) in [5.74, 6) is 3.46. The van der Waals surface area contributed by atoms with E-state index < -0.39 is 0 Å². The summed E-state index contributed by atoms with van der Waals surface area (Å²) in [6.45, 7) is 6.51. The fourth-order valence-corrected chi connectivity index (χ4v) is 5.27. The number of aromatic nitrogens is 2. The Morgan fingerprint density at radius 3 is 2.62 bits per heavy atom. The Labute approximate surface area is 237 Å². The van der Waals surface area contributed by atoms with Crippen LogP contribution in [-0.2, 0) is 0 Å². The van der Waals surface area contributed by atoms with E-state index in [1.54, 1.807) is 0 Å². The average Bonchev–Trinajstić information content (AvgIpc) is 3.40. The van der Waals surface area contributed by atoms with E-state index in [1.807, 2.05) is 12.1 Å². The second-order valence-corrected chi connectivity index (χ2v) is 10.1. The standard InChI is InChI=1S/C29H36N8O.CH4O/c1-4-14-30-28(38)24-19-31-29(32-22-9-11-23(12-10-22)37-17-15-36(3)16-18-37)35-27(24)34-25-13-8-21-7-6-20(5-2)26(21)33-25;1-2/h1,8-12,19-20,25H,5-7,13-18H2,2-3H3,(H,30,38)(H2,31,32,34,35);2H,1H3. The first-order valence-electron chi connectivity index (χ1n) is 13.9. The van der Waals surface area contributed by atoms with Gasteiger partial charge < -0.3 is 30.9 Å². The third-order valence-electron chi connectivity index (χ3n) is 7.53. The first kappa shape index (κ1) is 29.1. The third-order valence-corrected chi connectivity index (χ3v) is 7.53. The molecule has 10 heteroatoms. The van der Waals surface area contributed by atoms with Crippen LogP contribution in [0.4, 0.5) is 23.1 Å². The summed E-state index contributed by atoms with van der Waals surface area (Å²) in [6.07, 6.45) is 13.0. The molecule has 1 amide bonds. The molecule has 40 heavy (non-hydrogen) atoms. The number of allylic oxidation sites excluding steroid dienone is 1. The predicted octanol–water partition coefficient (Wildman–Crippen LogP) is 3.27. The van der Waals surface area contributed by atoms with Gasteiger partial charge in [0.05, 0.1) is 6.54 Å². The molecular formula is C30H40N8O2. The first-order chi connectivity index (χ1) is 19.5. The fourth-order valence-electron chi connectivity index (χ4n) is 5.27. The lowest BCUT2D eigenvalue weighted by molar-refractivity contribution is 0.0959. The first-order valence-corrected chi connectivity index (χ1v) is 13.9. The molecule has 2 fully saturated rings. The second kappa shape index (κ2) is 13.9. The smallest absolute Gasteiger partial charge is 0.257 e.